The number of pyridine rings is 2. The number of hydrogen-bond acceptors (Lipinski definition) is 1. The first-order chi connectivity index (χ1) is 11.7. The second-order valence-corrected chi connectivity index (χ2v) is 6.48. The molecule has 5 rings (SSSR count). The van der Waals surface area contributed by atoms with Crippen LogP contribution in [0.5, 0.6) is 0 Å². The summed E-state index contributed by atoms with van der Waals surface area (Å²) in [4.78, 5) is 2.14. The number of nitrogens with zero attached hydrogens (tertiary/aromatic N) is 3. The first-order valence-corrected chi connectivity index (χ1v) is 8.17. The van der Waals surface area contributed by atoms with Crippen molar-refractivity contribution >= 4 is 38.7 Å². The monoisotopic (exact) mass is 439 g/mol. The number of imidazole rings is 1. The zero-order chi connectivity index (χ0) is 16.3. The molecule has 0 aliphatic heterocycles. The van der Waals surface area contributed by atoms with Gasteiger partial charge in [-0.1, -0.05) is 18.2 Å². The van der Waals surface area contributed by atoms with Gasteiger partial charge in [-0.25, -0.2) is 0 Å². The lowest BCUT2D eigenvalue weighted by Crippen LogP contribution is -3.00. The molecule has 0 radical (unpaired) electrons. The maximum Gasteiger partial charge on any atom is 0.292 e. The van der Waals surface area contributed by atoms with Crippen LogP contribution in [0.3, 0.4) is 0 Å². The molecule has 4 heteroatoms. The summed E-state index contributed by atoms with van der Waals surface area (Å²) in [5.74, 6) is 0. The first kappa shape index (κ1) is 16.1. The smallest absolute Gasteiger partial charge is 0.292 e. The fourth-order valence-electron chi connectivity index (χ4n) is 3.57. The van der Waals surface area contributed by atoms with Gasteiger partial charge in [0.1, 0.15) is 17.2 Å². The Bertz CT molecular complexity index is 1240. The lowest BCUT2D eigenvalue weighted by molar-refractivity contribution is -0.479. The Morgan fingerprint density at radius 2 is 1.64 bits per heavy atom. The molecule has 2 aromatic carbocycles. The molecule has 124 valence electrons. The maximum absolute atomic E-state index is 2.33. The fraction of sp³-hybridized carbons (Fsp3) is 0.0952. The van der Waals surface area contributed by atoms with Gasteiger partial charge in [-0.15, -0.1) is 0 Å². The van der Waals surface area contributed by atoms with Gasteiger partial charge in [0.05, 0.1) is 0 Å². The number of para-hydroxylation sites is 1. The minimum Gasteiger partial charge on any atom is -1.00 e. The molecule has 0 atom stereocenters. The van der Waals surface area contributed by atoms with Crippen molar-refractivity contribution in [3.63, 3.8) is 0 Å². The van der Waals surface area contributed by atoms with Gasteiger partial charge in [-0.05, 0) is 42.5 Å². The Morgan fingerprint density at radius 3 is 2.48 bits per heavy atom. The Kier molecular flexibility index (Phi) is 3.80. The molecule has 0 spiro atoms. The number of halogens is 1. The quantitative estimate of drug-likeness (QED) is 0.281. The van der Waals surface area contributed by atoms with E-state index in [2.05, 4.69) is 101 Å². The van der Waals surface area contributed by atoms with Crippen molar-refractivity contribution < 1.29 is 28.4 Å². The number of hydrogen-bond donors (Lipinski definition) is 0. The number of fused-ring (bicyclic) bond motifs is 7. The van der Waals surface area contributed by atoms with E-state index in [4.69, 9.17) is 0 Å². The molecule has 0 saturated carbocycles. The van der Waals surface area contributed by atoms with Crippen molar-refractivity contribution in [2.24, 2.45) is 0 Å². The third-order valence-electron chi connectivity index (χ3n) is 4.81. The van der Waals surface area contributed by atoms with Crippen molar-refractivity contribution in [3.8, 4) is 0 Å². The highest BCUT2D eigenvalue weighted by atomic mass is 127. The third-order valence-corrected chi connectivity index (χ3v) is 4.81. The van der Waals surface area contributed by atoms with Crippen molar-refractivity contribution in [2.45, 2.75) is 0 Å². The topological polar surface area (TPSA) is 11.8 Å². The summed E-state index contributed by atoms with van der Waals surface area (Å²) in [7, 11) is 4.15. The van der Waals surface area contributed by atoms with Gasteiger partial charge in [-0.3, -0.25) is 0 Å². The highest BCUT2D eigenvalue weighted by Crippen LogP contribution is 2.24. The van der Waals surface area contributed by atoms with Crippen LogP contribution in [0.15, 0.2) is 72.9 Å². The Hall–Kier alpha value is -2.34. The van der Waals surface area contributed by atoms with Crippen LogP contribution < -0.4 is 33.3 Å². The van der Waals surface area contributed by atoms with Gasteiger partial charge >= 0.3 is 0 Å². The predicted octanol–water partition coefficient (Wildman–Crippen LogP) is 1.05. The van der Waals surface area contributed by atoms with Crippen LogP contribution in [0.2, 0.25) is 0 Å². The fourth-order valence-corrected chi connectivity index (χ4v) is 3.57. The molecule has 0 aliphatic carbocycles. The van der Waals surface area contributed by atoms with E-state index in [1.54, 1.807) is 0 Å². The molecule has 25 heavy (non-hydrogen) atoms. The van der Waals surface area contributed by atoms with E-state index in [0.717, 1.165) is 0 Å². The van der Waals surface area contributed by atoms with Crippen LogP contribution in [0.25, 0.3) is 33.0 Å². The summed E-state index contributed by atoms with van der Waals surface area (Å²) in [5.41, 5.74) is 6.08. The molecule has 0 bridgehead atoms. The van der Waals surface area contributed by atoms with Crippen LogP contribution in [-0.2, 0) is 0 Å². The van der Waals surface area contributed by atoms with Crippen LogP contribution in [-0.4, -0.2) is 18.5 Å². The zero-order valence-electron chi connectivity index (χ0n) is 14.1. The van der Waals surface area contributed by atoms with Gasteiger partial charge in [0.25, 0.3) is 5.65 Å². The lowest BCUT2D eigenvalue weighted by Gasteiger charge is -2.12. The van der Waals surface area contributed by atoms with Gasteiger partial charge in [0, 0.05) is 36.6 Å². The first-order valence-electron chi connectivity index (χ1n) is 8.17. The minimum absolute atomic E-state index is 0. The minimum atomic E-state index is 0. The van der Waals surface area contributed by atoms with E-state index < -0.39 is 0 Å². The van der Waals surface area contributed by atoms with E-state index in [0.29, 0.717) is 0 Å². The van der Waals surface area contributed by atoms with Gasteiger partial charge < -0.3 is 28.9 Å². The van der Waals surface area contributed by atoms with E-state index in [1.165, 1.54) is 38.7 Å². The summed E-state index contributed by atoms with van der Waals surface area (Å²) in [6.45, 7) is 0. The molecule has 0 saturated heterocycles. The summed E-state index contributed by atoms with van der Waals surface area (Å²) in [5, 5.41) is 2.50. The molecule has 0 aliphatic rings. The average molecular weight is 439 g/mol. The van der Waals surface area contributed by atoms with Crippen molar-refractivity contribution in [1.29, 1.82) is 0 Å². The second kappa shape index (κ2) is 5.88. The summed E-state index contributed by atoms with van der Waals surface area (Å²) in [6, 6.07) is 24.0. The molecule has 0 fully saturated rings. The van der Waals surface area contributed by atoms with E-state index in [9.17, 15) is 0 Å². The van der Waals surface area contributed by atoms with E-state index in [1.807, 2.05) is 0 Å². The maximum atomic E-state index is 2.33. The Morgan fingerprint density at radius 1 is 0.840 bits per heavy atom. The highest BCUT2D eigenvalue weighted by Gasteiger charge is 2.16. The highest BCUT2D eigenvalue weighted by molar-refractivity contribution is 5.88. The van der Waals surface area contributed by atoms with Crippen LogP contribution in [0.1, 0.15) is 0 Å². The van der Waals surface area contributed by atoms with Gasteiger partial charge in [-0.2, -0.15) is 8.80 Å². The molecule has 0 amide bonds. The van der Waals surface area contributed by atoms with Crippen LogP contribution in [0, 0.1) is 0 Å². The molecule has 3 aromatic heterocycles. The number of rotatable bonds is 1. The molecular weight excluding hydrogens is 421 g/mol. The summed E-state index contributed by atoms with van der Waals surface area (Å²) in [6.07, 6.45) is 2.22. The van der Waals surface area contributed by atoms with Gasteiger partial charge in [0.2, 0.25) is 0 Å². The predicted molar refractivity (Wildman–Crippen MR) is 99.9 cm³/mol. The summed E-state index contributed by atoms with van der Waals surface area (Å²) < 4.78 is 4.62. The Labute approximate surface area is 163 Å². The van der Waals surface area contributed by atoms with Crippen molar-refractivity contribution in [3.05, 3.63) is 72.9 Å². The third kappa shape index (κ3) is 2.35. The Balaban J connectivity index is 0.00000157. The SMILES string of the molecule is CN(C)c1ccc2c(ccc3c[n+]4c5ccccc5ccc4n32)c1.[I-]. The van der Waals surface area contributed by atoms with Gasteiger partial charge in [0.15, 0.2) is 5.52 Å². The molecule has 3 heterocycles. The number of benzene rings is 2. The molecule has 5 aromatic rings. The zero-order valence-corrected chi connectivity index (χ0v) is 16.3. The van der Waals surface area contributed by atoms with Crippen molar-refractivity contribution in [1.82, 2.24) is 4.40 Å². The van der Waals surface area contributed by atoms with E-state index >= 15 is 0 Å². The molecule has 3 nitrogen and oxygen atoms in total. The van der Waals surface area contributed by atoms with Crippen LogP contribution >= 0.6 is 0 Å². The molecule has 0 unspecified atom stereocenters. The largest absolute Gasteiger partial charge is 1.00 e. The molecular formula is C21H18IN3. The number of aromatic nitrogens is 2. The second-order valence-electron chi connectivity index (χ2n) is 6.48. The standard InChI is InChI=1S/C21H18N3.HI/c1-22(2)17-10-11-20-16(13-17)7-9-18-14-23-19-6-4-3-5-15(19)8-12-21(23)24(18)20;/h3-14H,1-2H3;1H/q+1;/p-1. The van der Waals surface area contributed by atoms with Crippen LogP contribution in [0.4, 0.5) is 5.69 Å². The average Bonchev–Trinajstić information content (AvgIpc) is 3.00. The van der Waals surface area contributed by atoms with Crippen molar-refractivity contribution in [2.75, 3.05) is 19.0 Å². The molecule has 0 N–H and O–H groups in total. The number of anilines is 1. The summed E-state index contributed by atoms with van der Waals surface area (Å²) >= 11 is 0. The lowest BCUT2D eigenvalue weighted by atomic mass is 10.2. The van der Waals surface area contributed by atoms with E-state index in [-0.39, 0.29) is 24.0 Å². The normalized spacial score (nSPS) is 11.3.